The fourth-order valence-electron chi connectivity index (χ4n) is 2.01. The van der Waals surface area contributed by atoms with Crippen LogP contribution in [0.15, 0.2) is 52.4 Å². The van der Waals surface area contributed by atoms with Crippen LogP contribution < -0.4 is 15.8 Å². The number of nitrogens with one attached hydrogen (secondary N) is 1. The molecular weight excluding hydrogens is 330 g/mol. The predicted octanol–water partition coefficient (Wildman–Crippen LogP) is 2.52. The van der Waals surface area contributed by atoms with Gasteiger partial charge in [-0.15, -0.1) is 11.3 Å². The second-order valence-corrected chi connectivity index (χ2v) is 5.67. The van der Waals surface area contributed by atoms with E-state index in [1.165, 1.54) is 11.3 Å². The Kier molecular flexibility index (Phi) is 4.57. The summed E-state index contributed by atoms with van der Waals surface area (Å²) in [5.74, 6) is -0.763. The number of ether oxygens (including phenoxy) is 1. The van der Waals surface area contributed by atoms with Gasteiger partial charge in [0.05, 0.1) is 4.88 Å². The molecule has 1 aromatic carbocycles. The maximum atomic E-state index is 12.0. The highest BCUT2D eigenvalue weighted by atomic mass is 32.1. The number of aromatic nitrogens is 1. The van der Waals surface area contributed by atoms with Gasteiger partial charge < -0.3 is 15.0 Å². The van der Waals surface area contributed by atoms with E-state index < -0.39 is 11.8 Å². The molecular formula is C16H13N3O4S. The van der Waals surface area contributed by atoms with Crippen LogP contribution >= 0.6 is 11.3 Å². The maximum Gasteiger partial charge on any atom is 0.264 e. The van der Waals surface area contributed by atoms with Crippen LogP contribution in [-0.4, -0.2) is 23.6 Å². The van der Waals surface area contributed by atoms with Gasteiger partial charge in [0.1, 0.15) is 17.0 Å². The Morgan fingerprint density at radius 2 is 2.00 bits per heavy atom. The zero-order valence-electron chi connectivity index (χ0n) is 12.4. The fourth-order valence-corrected chi connectivity index (χ4v) is 2.73. The van der Waals surface area contributed by atoms with Crippen molar-refractivity contribution in [1.82, 2.24) is 5.16 Å². The molecule has 0 radical (unpaired) electrons. The average Bonchev–Trinajstić information content (AvgIpc) is 3.23. The van der Waals surface area contributed by atoms with Crippen LogP contribution in [-0.2, 0) is 4.79 Å². The summed E-state index contributed by atoms with van der Waals surface area (Å²) in [6, 6.07) is 12.5. The van der Waals surface area contributed by atoms with Crippen molar-refractivity contribution in [3.8, 4) is 16.3 Å². The molecule has 3 N–H and O–H groups in total. The molecule has 8 heteroatoms. The fraction of sp³-hybridized carbons (Fsp3) is 0.0625. The summed E-state index contributed by atoms with van der Waals surface area (Å²) in [6.07, 6.45) is 0. The third kappa shape index (κ3) is 3.44. The van der Waals surface area contributed by atoms with Crippen LogP contribution in [0, 0.1) is 0 Å². The normalized spacial score (nSPS) is 10.3. The Hall–Kier alpha value is -3.13. The lowest BCUT2D eigenvalue weighted by molar-refractivity contribution is -0.118. The summed E-state index contributed by atoms with van der Waals surface area (Å²) in [4.78, 5) is 24.4. The SMILES string of the molecule is NC(=O)c1c(-c2cccs2)noc1NC(=O)COc1ccccc1. The number of amides is 2. The van der Waals surface area contributed by atoms with Gasteiger partial charge in [0.15, 0.2) is 6.61 Å². The molecule has 0 fully saturated rings. The second kappa shape index (κ2) is 6.97. The Bertz CT molecular complexity index is 844. The minimum absolute atomic E-state index is 0.0329. The molecule has 0 saturated carbocycles. The first kappa shape index (κ1) is 15.8. The first-order chi connectivity index (χ1) is 11.6. The van der Waals surface area contributed by atoms with Gasteiger partial charge in [-0.05, 0) is 23.6 Å². The van der Waals surface area contributed by atoms with Crippen molar-refractivity contribution in [2.45, 2.75) is 0 Å². The molecule has 2 aromatic heterocycles. The van der Waals surface area contributed by atoms with Crippen molar-refractivity contribution >= 4 is 29.0 Å². The van der Waals surface area contributed by atoms with Gasteiger partial charge in [0, 0.05) is 0 Å². The quantitative estimate of drug-likeness (QED) is 0.715. The minimum Gasteiger partial charge on any atom is -0.484 e. The lowest BCUT2D eigenvalue weighted by Crippen LogP contribution is -2.22. The number of thiophene rings is 1. The molecule has 0 aliphatic heterocycles. The molecule has 0 aliphatic carbocycles. The summed E-state index contributed by atoms with van der Waals surface area (Å²) in [7, 11) is 0. The monoisotopic (exact) mass is 343 g/mol. The third-order valence-electron chi connectivity index (χ3n) is 3.06. The molecule has 0 bridgehead atoms. The smallest absolute Gasteiger partial charge is 0.264 e. The first-order valence-electron chi connectivity index (χ1n) is 6.96. The van der Waals surface area contributed by atoms with E-state index in [0.29, 0.717) is 16.3 Å². The predicted molar refractivity (Wildman–Crippen MR) is 88.9 cm³/mol. The molecule has 2 amide bonds. The van der Waals surface area contributed by atoms with E-state index in [9.17, 15) is 9.59 Å². The van der Waals surface area contributed by atoms with Gasteiger partial charge in [-0.1, -0.05) is 29.4 Å². The standard InChI is InChI=1S/C16H13N3O4S/c17-15(21)13-14(11-7-4-8-24-11)19-23-16(13)18-12(20)9-22-10-5-2-1-3-6-10/h1-8H,9H2,(H2,17,21)(H,18,20). The number of para-hydroxylation sites is 1. The largest absolute Gasteiger partial charge is 0.484 e. The zero-order valence-corrected chi connectivity index (χ0v) is 13.2. The summed E-state index contributed by atoms with van der Waals surface area (Å²) in [5, 5.41) is 8.12. The zero-order chi connectivity index (χ0) is 16.9. The van der Waals surface area contributed by atoms with Gasteiger partial charge in [-0.25, -0.2) is 0 Å². The topological polar surface area (TPSA) is 107 Å². The summed E-state index contributed by atoms with van der Waals surface area (Å²) in [5.41, 5.74) is 5.73. The first-order valence-corrected chi connectivity index (χ1v) is 7.84. The van der Waals surface area contributed by atoms with Crippen molar-refractivity contribution in [1.29, 1.82) is 0 Å². The number of nitrogens with two attached hydrogens (primary N) is 1. The Morgan fingerprint density at radius 3 is 2.67 bits per heavy atom. The van der Waals surface area contributed by atoms with Gasteiger partial charge in [0.25, 0.3) is 11.8 Å². The highest BCUT2D eigenvalue weighted by Crippen LogP contribution is 2.31. The lowest BCUT2D eigenvalue weighted by Gasteiger charge is -2.05. The average molecular weight is 343 g/mol. The van der Waals surface area contributed by atoms with Crippen LogP contribution in [0.2, 0.25) is 0 Å². The molecule has 0 aliphatic rings. The van der Waals surface area contributed by atoms with Crippen molar-refractivity contribution in [2.24, 2.45) is 5.73 Å². The Balaban J connectivity index is 1.73. The van der Waals surface area contributed by atoms with Gasteiger partial charge in [0.2, 0.25) is 5.88 Å². The minimum atomic E-state index is -0.737. The van der Waals surface area contributed by atoms with E-state index in [4.69, 9.17) is 15.0 Å². The molecule has 0 spiro atoms. The number of hydrogen-bond acceptors (Lipinski definition) is 6. The number of primary amides is 1. The van der Waals surface area contributed by atoms with E-state index in [2.05, 4.69) is 10.5 Å². The van der Waals surface area contributed by atoms with Crippen LogP contribution in [0.5, 0.6) is 5.75 Å². The molecule has 0 unspecified atom stereocenters. The molecule has 0 saturated heterocycles. The van der Waals surface area contributed by atoms with Crippen LogP contribution in [0.4, 0.5) is 5.88 Å². The number of anilines is 1. The Labute approximate surface area is 141 Å². The summed E-state index contributed by atoms with van der Waals surface area (Å²) >= 11 is 1.38. The molecule has 0 atom stereocenters. The lowest BCUT2D eigenvalue weighted by atomic mass is 10.2. The van der Waals surface area contributed by atoms with Crippen LogP contribution in [0.3, 0.4) is 0 Å². The second-order valence-electron chi connectivity index (χ2n) is 4.73. The van der Waals surface area contributed by atoms with Crippen molar-refractivity contribution < 1.29 is 18.8 Å². The number of benzene rings is 1. The van der Waals surface area contributed by atoms with E-state index in [1.807, 2.05) is 17.5 Å². The van der Waals surface area contributed by atoms with Gasteiger partial charge in [-0.3, -0.25) is 14.9 Å². The number of carbonyl (C=O) groups is 2. The van der Waals surface area contributed by atoms with E-state index in [0.717, 1.165) is 0 Å². The highest BCUT2D eigenvalue weighted by Gasteiger charge is 2.24. The van der Waals surface area contributed by atoms with Gasteiger partial charge >= 0.3 is 0 Å². The van der Waals surface area contributed by atoms with E-state index in [1.54, 1.807) is 30.3 Å². The van der Waals surface area contributed by atoms with Crippen molar-refractivity contribution in [3.63, 3.8) is 0 Å². The molecule has 7 nitrogen and oxygen atoms in total. The van der Waals surface area contributed by atoms with Crippen molar-refractivity contribution in [3.05, 3.63) is 53.4 Å². The number of hydrogen-bond donors (Lipinski definition) is 2. The maximum absolute atomic E-state index is 12.0. The summed E-state index contributed by atoms with van der Waals surface area (Å²) < 4.78 is 10.4. The van der Waals surface area contributed by atoms with Crippen LogP contribution in [0.25, 0.3) is 10.6 Å². The summed E-state index contributed by atoms with van der Waals surface area (Å²) in [6.45, 7) is -0.239. The molecule has 3 aromatic rings. The van der Waals surface area contributed by atoms with Crippen LogP contribution in [0.1, 0.15) is 10.4 Å². The third-order valence-corrected chi connectivity index (χ3v) is 3.94. The molecule has 3 rings (SSSR count). The molecule has 122 valence electrons. The number of carbonyl (C=O) groups excluding carboxylic acids is 2. The van der Waals surface area contributed by atoms with Gasteiger partial charge in [-0.2, -0.15) is 0 Å². The molecule has 2 heterocycles. The number of nitrogens with zero attached hydrogens (tertiary/aromatic N) is 1. The van der Waals surface area contributed by atoms with E-state index >= 15 is 0 Å². The van der Waals surface area contributed by atoms with E-state index in [-0.39, 0.29) is 18.1 Å². The van der Waals surface area contributed by atoms with Crippen molar-refractivity contribution in [2.75, 3.05) is 11.9 Å². The highest BCUT2D eigenvalue weighted by molar-refractivity contribution is 7.13. The molecule has 24 heavy (non-hydrogen) atoms. The Morgan fingerprint density at radius 1 is 1.21 bits per heavy atom. The number of rotatable bonds is 6.